The van der Waals surface area contributed by atoms with E-state index in [4.69, 9.17) is 57.6 Å². The Morgan fingerprint density at radius 2 is 0.672 bits per heavy atom. The van der Waals surface area contributed by atoms with E-state index in [2.05, 4.69) is 31.9 Å². The third-order valence-electron chi connectivity index (χ3n) is 18.8. The van der Waals surface area contributed by atoms with Crippen molar-refractivity contribution in [3.05, 3.63) is 59.7 Å². The van der Waals surface area contributed by atoms with Crippen LogP contribution in [0.5, 0.6) is 11.5 Å². The fourth-order valence-electron chi connectivity index (χ4n) is 11.8. The molecule has 0 spiro atoms. The van der Waals surface area contributed by atoms with E-state index in [1.54, 1.807) is 24.3 Å². The zero-order valence-electron chi connectivity index (χ0n) is 70.0. The third-order valence-corrected chi connectivity index (χ3v) is 18.8. The van der Waals surface area contributed by atoms with Crippen molar-refractivity contribution in [3.63, 3.8) is 0 Å². The van der Waals surface area contributed by atoms with Crippen molar-refractivity contribution in [2.45, 2.75) is 225 Å². The van der Waals surface area contributed by atoms with E-state index in [1.165, 1.54) is 31.2 Å². The van der Waals surface area contributed by atoms with Gasteiger partial charge < -0.3 is 99.7 Å². The standard InChI is InChI=1S/C85H134N6O28/c1-64(23-15-17-41-86-79(99)61-115-56-52-111-46-22-26-70(94)60-114-55-53-112-49-43-88-76(96)40-39-74(85(108)109)91-78(98)28-14-10-6-4-8-12-20-48-119-72-36-31-67(32-37-72)83(104)105)75(95)59-68(65(2)92)24-16-18-42-87-80(100)62-117-58-54-113-50-44-89-81(101)63-116-57-51-110-45-21-25-69(93)33-38-73(84(106)107)90-77(97)27-13-9-5-3-7-11-19-47-118-71-34-29-66(30-35-71)82(102)103/h29-32,34-37,64,68,73-74H,3-28,33,38-63H2,1-2H3,(H,86,99)(H,87,100)(H,88,96)(H,89,101)(H,90,97)(H,91,98)(H,102,103)(H,104,105)(H,106,107)(H,108,109)/t64-,68+,73-,74-/m0/s1. The molecule has 4 atom stereocenters. The van der Waals surface area contributed by atoms with Gasteiger partial charge >= 0.3 is 23.9 Å². The summed E-state index contributed by atoms with van der Waals surface area (Å²) < 4.78 is 54.7. The van der Waals surface area contributed by atoms with E-state index >= 15 is 0 Å². The minimum absolute atomic E-state index is 0.000506. The molecular weight excluding hydrogens is 1550 g/mol. The number of rotatable bonds is 82. The van der Waals surface area contributed by atoms with Gasteiger partial charge in [0.15, 0.2) is 5.78 Å². The number of amides is 6. The van der Waals surface area contributed by atoms with Gasteiger partial charge in [-0.1, -0.05) is 84.0 Å². The molecule has 0 aliphatic heterocycles. The van der Waals surface area contributed by atoms with Gasteiger partial charge in [0.2, 0.25) is 35.4 Å². The van der Waals surface area contributed by atoms with Crippen LogP contribution in [0.4, 0.5) is 0 Å². The highest BCUT2D eigenvalue weighted by molar-refractivity contribution is 5.90. The van der Waals surface area contributed by atoms with Gasteiger partial charge in [-0.25, -0.2) is 19.2 Å². The summed E-state index contributed by atoms with van der Waals surface area (Å²) in [4.78, 5) is 169. The Morgan fingerprint density at radius 1 is 0.311 bits per heavy atom. The molecule has 34 nitrogen and oxygen atoms in total. The maximum absolute atomic E-state index is 13.1. The number of benzene rings is 2. The van der Waals surface area contributed by atoms with Gasteiger partial charge in [-0.2, -0.15) is 0 Å². The number of carboxylic acids is 4. The summed E-state index contributed by atoms with van der Waals surface area (Å²) in [5.41, 5.74) is 0.409. The lowest BCUT2D eigenvalue weighted by Gasteiger charge is -2.16. The van der Waals surface area contributed by atoms with Gasteiger partial charge in [0.05, 0.1) is 90.4 Å². The van der Waals surface area contributed by atoms with E-state index in [9.17, 15) is 77.3 Å². The van der Waals surface area contributed by atoms with Crippen LogP contribution in [0.3, 0.4) is 0 Å². The number of unbranched alkanes of at least 4 members (excludes halogenated alkanes) is 14. The Kier molecular flexibility index (Phi) is 63.3. The number of hydrogen-bond donors (Lipinski definition) is 10. The number of Topliss-reactive ketones (excluding diaryl/α,β-unsaturated/α-hetero) is 4. The highest BCUT2D eigenvalue weighted by Crippen LogP contribution is 2.21. The Morgan fingerprint density at radius 3 is 1.09 bits per heavy atom. The van der Waals surface area contributed by atoms with E-state index in [-0.39, 0.29) is 246 Å². The normalized spacial score (nSPS) is 12.1. The number of carboxylic acid groups (broad SMARTS) is 4. The number of carbonyl (C=O) groups is 14. The quantitative estimate of drug-likeness (QED) is 0.0281. The fourth-order valence-corrected chi connectivity index (χ4v) is 11.8. The van der Waals surface area contributed by atoms with Crippen molar-refractivity contribution in [3.8, 4) is 11.5 Å². The molecule has 34 heteroatoms. The molecule has 2 aromatic carbocycles. The molecule has 0 aromatic heterocycles. The zero-order chi connectivity index (χ0) is 87.1. The van der Waals surface area contributed by atoms with Gasteiger partial charge in [-0.15, -0.1) is 0 Å². The van der Waals surface area contributed by atoms with Crippen LogP contribution in [-0.2, 0) is 95.4 Å². The SMILES string of the molecule is CC(=O)[C@H](CCCCNC(=O)COCCOCCNC(=O)COCCOCCCC(=O)CC[C@H](NC(=O)CCCCCCCCCOc1ccc(C(=O)O)cc1)C(=O)O)CC(=O)[C@@H](C)CCCCNC(=O)COCCOCCCC(=O)COCCOCCNC(=O)CC[C@H](NC(=O)CCCCCCCCCOc1ccc(C(=O)O)cc1)C(=O)O. The molecule has 0 fully saturated rings. The molecule has 0 saturated heterocycles. The number of carbonyl (C=O) groups excluding carboxylic acids is 10. The second-order valence-electron chi connectivity index (χ2n) is 29.0. The minimum Gasteiger partial charge on any atom is -0.494 e. The molecule has 0 aliphatic rings. The Hall–Kier alpha value is -8.90. The van der Waals surface area contributed by atoms with Crippen LogP contribution >= 0.6 is 0 Å². The van der Waals surface area contributed by atoms with Crippen LogP contribution in [0.25, 0.3) is 0 Å². The zero-order valence-corrected chi connectivity index (χ0v) is 70.0. The second-order valence-corrected chi connectivity index (χ2v) is 29.0. The summed E-state index contributed by atoms with van der Waals surface area (Å²) in [5, 5.41) is 53.1. The van der Waals surface area contributed by atoms with Crippen molar-refractivity contribution < 1.29 is 135 Å². The monoisotopic (exact) mass is 1690 g/mol. The molecule has 0 heterocycles. The van der Waals surface area contributed by atoms with Gasteiger partial charge in [-0.3, -0.25) is 47.9 Å². The van der Waals surface area contributed by atoms with Crippen molar-refractivity contribution in [2.24, 2.45) is 11.8 Å². The Labute approximate surface area is 699 Å². The highest BCUT2D eigenvalue weighted by Gasteiger charge is 2.25. The largest absolute Gasteiger partial charge is 0.494 e. The first-order valence-electron chi connectivity index (χ1n) is 42.2. The molecule has 0 saturated carbocycles. The van der Waals surface area contributed by atoms with E-state index in [0.29, 0.717) is 109 Å². The van der Waals surface area contributed by atoms with Crippen molar-refractivity contribution in [1.82, 2.24) is 31.9 Å². The molecule has 0 bridgehead atoms. The molecule has 10 N–H and O–H groups in total. The predicted octanol–water partition coefficient (Wildman–Crippen LogP) is 7.92. The van der Waals surface area contributed by atoms with Crippen LogP contribution in [0, 0.1) is 11.8 Å². The van der Waals surface area contributed by atoms with E-state index in [1.807, 2.05) is 6.92 Å². The lowest BCUT2D eigenvalue weighted by Crippen LogP contribution is -2.41. The van der Waals surface area contributed by atoms with Crippen LogP contribution in [-0.4, -0.2) is 260 Å². The summed E-state index contributed by atoms with van der Waals surface area (Å²) in [6.45, 7) is 7.38. The summed E-state index contributed by atoms with van der Waals surface area (Å²) >= 11 is 0. The molecule has 0 radical (unpaired) electrons. The van der Waals surface area contributed by atoms with Crippen molar-refractivity contribution in [1.29, 1.82) is 0 Å². The Bertz CT molecular complexity index is 3220. The smallest absolute Gasteiger partial charge is 0.335 e. The molecule has 6 amide bonds. The average Bonchev–Trinajstić information content (AvgIpc) is 0.905. The first kappa shape index (κ1) is 106. The summed E-state index contributed by atoms with van der Waals surface area (Å²) in [6, 6.07) is 10.2. The lowest BCUT2D eigenvalue weighted by molar-refractivity contribution is -0.142. The van der Waals surface area contributed by atoms with Crippen molar-refractivity contribution in [2.75, 3.05) is 145 Å². The maximum Gasteiger partial charge on any atom is 0.335 e. The number of ether oxygens (including phenoxy) is 10. The summed E-state index contributed by atoms with van der Waals surface area (Å²) in [5.74, 6) is -6.21. The van der Waals surface area contributed by atoms with Crippen LogP contribution < -0.4 is 41.4 Å². The minimum atomic E-state index is -1.22. The molecule has 2 rings (SSSR count). The first-order valence-corrected chi connectivity index (χ1v) is 42.2. The fraction of sp³-hybridized carbons (Fsp3) is 0.694. The average molecular weight is 1690 g/mol. The molecule has 672 valence electrons. The van der Waals surface area contributed by atoms with Crippen LogP contribution in [0.15, 0.2) is 48.5 Å². The molecule has 2 aromatic rings. The third kappa shape index (κ3) is 61.1. The lowest BCUT2D eigenvalue weighted by atomic mass is 9.87. The number of aliphatic carboxylic acids is 2. The van der Waals surface area contributed by atoms with Gasteiger partial charge in [0, 0.05) is 96.2 Å². The number of ketones is 4. The topological polar surface area (TPSA) is 484 Å². The van der Waals surface area contributed by atoms with Crippen LogP contribution in [0.1, 0.15) is 234 Å². The highest BCUT2D eigenvalue weighted by atomic mass is 16.5. The molecule has 0 aliphatic carbocycles. The number of aromatic carboxylic acids is 2. The molecular formula is C85H134N6O28. The van der Waals surface area contributed by atoms with E-state index < -0.39 is 41.9 Å². The van der Waals surface area contributed by atoms with Crippen molar-refractivity contribution >= 4 is 82.5 Å². The molecule has 0 unspecified atom stereocenters. The second kappa shape index (κ2) is 70.9. The van der Waals surface area contributed by atoms with Gasteiger partial charge in [0.1, 0.15) is 67.4 Å². The van der Waals surface area contributed by atoms with E-state index in [0.717, 1.165) is 77.0 Å². The van der Waals surface area contributed by atoms with Gasteiger partial charge in [-0.05, 0) is 133 Å². The van der Waals surface area contributed by atoms with Gasteiger partial charge in [0.25, 0.3) is 0 Å². The predicted molar refractivity (Wildman–Crippen MR) is 437 cm³/mol. The van der Waals surface area contributed by atoms with Crippen LogP contribution in [0.2, 0.25) is 0 Å². The Balaban J connectivity index is 1.33. The number of hydrogen-bond acceptors (Lipinski definition) is 24. The first-order chi connectivity index (χ1) is 57.4. The maximum atomic E-state index is 13.1. The molecule has 119 heavy (non-hydrogen) atoms. The summed E-state index contributed by atoms with van der Waals surface area (Å²) in [7, 11) is 0. The summed E-state index contributed by atoms with van der Waals surface area (Å²) in [6.07, 6.45) is 17.8. The number of nitrogens with one attached hydrogen (secondary N) is 6.